The Morgan fingerprint density at radius 2 is 1.84 bits per heavy atom. The van der Waals surface area contributed by atoms with Crippen molar-refractivity contribution in [1.82, 2.24) is 4.31 Å². The van der Waals surface area contributed by atoms with E-state index in [0.29, 0.717) is 0 Å². The molecule has 0 radical (unpaired) electrons. The predicted octanol–water partition coefficient (Wildman–Crippen LogP) is 1.42. The van der Waals surface area contributed by atoms with Gasteiger partial charge in [0, 0.05) is 13.6 Å². The minimum absolute atomic E-state index is 0.0862. The Hall–Kier alpha value is -1.40. The lowest BCUT2D eigenvalue weighted by molar-refractivity contribution is -0.144. The summed E-state index contributed by atoms with van der Waals surface area (Å²) in [7, 11) is -0.829. The van der Waals surface area contributed by atoms with Gasteiger partial charge in [-0.2, -0.15) is 0 Å². The molecule has 1 aromatic rings. The summed E-state index contributed by atoms with van der Waals surface area (Å²) in [6, 6.07) is 6.60. The summed E-state index contributed by atoms with van der Waals surface area (Å²) in [6.45, 7) is 3.61. The van der Waals surface area contributed by atoms with Gasteiger partial charge in [0.25, 0.3) is 0 Å². The van der Waals surface area contributed by atoms with E-state index < -0.39 is 21.9 Å². The van der Waals surface area contributed by atoms with Crippen molar-refractivity contribution < 1.29 is 17.9 Å². The molecule has 1 aromatic carbocycles. The highest BCUT2D eigenvalue weighted by molar-refractivity contribution is 7.89. The molecule has 106 valence electrons. The second kappa shape index (κ2) is 6.16. The van der Waals surface area contributed by atoms with Gasteiger partial charge in [0.1, 0.15) is 0 Å². The summed E-state index contributed by atoms with van der Waals surface area (Å²) in [4.78, 5) is 11.5. The van der Waals surface area contributed by atoms with Crippen molar-refractivity contribution in [3.8, 4) is 0 Å². The molecule has 0 amide bonds. The van der Waals surface area contributed by atoms with Gasteiger partial charge in [-0.05, 0) is 19.1 Å². The first-order valence-corrected chi connectivity index (χ1v) is 7.34. The molecule has 0 saturated heterocycles. The van der Waals surface area contributed by atoms with E-state index in [9.17, 15) is 13.2 Å². The first kappa shape index (κ1) is 15.7. The standard InChI is InChI=1S/C13H19NO4S/c1-10-5-7-12(8-6-10)19(16,17)14(3)9-11(2)13(15)18-4/h5-8,11H,9H2,1-4H3/t11-/m1/s1. The maximum absolute atomic E-state index is 12.3. The first-order chi connectivity index (χ1) is 8.78. The van der Waals surface area contributed by atoms with Gasteiger partial charge < -0.3 is 4.74 Å². The van der Waals surface area contributed by atoms with E-state index in [4.69, 9.17) is 0 Å². The van der Waals surface area contributed by atoms with E-state index in [2.05, 4.69) is 4.74 Å². The third-order valence-corrected chi connectivity index (χ3v) is 4.70. The Balaban J connectivity index is 2.88. The van der Waals surface area contributed by atoms with Crippen molar-refractivity contribution in [3.63, 3.8) is 0 Å². The molecule has 0 saturated carbocycles. The SMILES string of the molecule is COC(=O)[C@H](C)CN(C)S(=O)(=O)c1ccc(C)cc1. The Morgan fingerprint density at radius 1 is 1.32 bits per heavy atom. The third-order valence-electron chi connectivity index (χ3n) is 2.86. The highest BCUT2D eigenvalue weighted by atomic mass is 32.2. The molecule has 1 rings (SSSR count). The zero-order valence-electron chi connectivity index (χ0n) is 11.6. The fourth-order valence-electron chi connectivity index (χ4n) is 1.65. The van der Waals surface area contributed by atoms with Crippen molar-refractivity contribution >= 4 is 16.0 Å². The monoisotopic (exact) mass is 285 g/mol. The molecular formula is C13H19NO4S. The molecule has 0 unspecified atom stereocenters. The maximum Gasteiger partial charge on any atom is 0.309 e. The highest BCUT2D eigenvalue weighted by Crippen LogP contribution is 2.16. The van der Waals surface area contributed by atoms with E-state index in [0.717, 1.165) is 5.56 Å². The van der Waals surface area contributed by atoms with Crippen molar-refractivity contribution in [2.45, 2.75) is 18.7 Å². The Bertz CT molecular complexity index is 536. The van der Waals surface area contributed by atoms with Crippen molar-refractivity contribution in [2.24, 2.45) is 5.92 Å². The number of carbonyl (C=O) groups excluding carboxylic acids is 1. The van der Waals surface area contributed by atoms with Crippen LogP contribution >= 0.6 is 0 Å². The lowest BCUT2D eigenvalue weighted by atomic mass is 10.2. The zero-order chi connectivity index (χ0) is 14.6. The normalized spacial score (nSPS) is 13.3. The number of methoxy groups -OCH3 is 1. The van der Waals surface area contributed by atoms with Gasteiger partial charge in [-0.25, -0.2) is 12.7 Å². The number of aryl methyl sites for hydroxylation is 1. The minimum atomic E-state index is -3.57. The predicted molar refractivity (Wildman–Crippen MR) is 72.2 cm³/mol. The summed E-state index contributed by atoms with van der Waals surface area (Å²) in [5.41, 5.74) is 0.990. The van der Waals surface area contributed by atoms with Gasteiger partial charge in [0.2, 0.25) is 10.0 Å². The number of hydrogen-bond donors (Lipinski definition) is 0. The smallest absolute Gasteiger partial charge is 0.309 e. The molecule has 6 heteroatoms. The average molecular weight is 285 g/mol. The zero-order valence-corrected chi connectivity index (χ0v) is 12.4. The van der Waals surface area contributed by atoms with Crippen molar-refractivity contribution in [3.05, 3.63) is 29.8 Å². The van der Waals surface area contributed by atoms with Crippen LogP contribution in [0.15, 0.2) is 29.2 Å². The molecule has 0 aliphatic rings. The van der Waals surface area contributed by atoms with Gasteiger partial charge in [0.15, 0.2) is 0 Å². The topological polar surface area (TPSA) is 63.7 Å². The maximum atomic E-state index is 12.3. The van der Waals surface area contributed by atoms with Crippen LogP contribution in [0.25, 0.3) is 0 Å². The Labute approximate surface area is 114 Å². The number of ether oxygens (including phenoxy) is 1. The summed E-state index contributed by atoms with van der Waals surface area (Å²) in [6.07, 6.45) is 0. The van der Waals surface area contributed by atoms with E-state index in [1.807, 2.05) is 6.92 Å². The Morgan fingerprint density at radius 3 is 2.32 bits per heavy atom. The summed E-state index contributed by atoms with van der Waals surface area (Å²) < 4.78 is 30.3. The number of sulfonamides is 1. The molecular weight excluding hydrogens is 266 g/mol. The molecule has 19 heavy (non-hydrogen) atoms. The van der Waals surface area contributed by atoms with Gasteiger partial charge >= 0.3 is 5.97 Å². The van der Waals surface area contributed by atoms with Gasteiger partial charge in [-0.1, -0.05) is 24.6 Å². The number of rotatable bonds is 5. The van der Waals surface area contributed by atoms with Gasteiger partial charge in [0.05, 0.1) is 17.9 Å². The van der Waals surface area contributed by atoms with E-state index >= 15 is 0 Å². The number of benzene rings is 1. The molecule has 0 fully saturated rings. The summed E-state index contributed by atoms with van der Waals surface area (Å²) >= 11 is 0. The fourth-order valence-corrected chi connectivity index (χ4v) is 2.91. The van der Waals surface area contributed by atoms with Crippen LogP contribution in [0.1, 0.15) is 12.5 Å². The third kappa shape index (κ3) is 3.78. The molecule has 0 N–H and O–H groups in total. The largest absolute Gasteiger partial charge is 0.469 e. The summed E-state index contributed by atoms with van der Waals surface area (Å²) in [5.74, 6) is -0.929. The molecule has 0 aliphatic carbocycles. The van der Waals surface area contributed by atoms with Gasteiger partial charge in [-0.3, -0.25) is 4.79 Å². The average Bonchev–Trinajstić information content (AvgIpc) is 2.38. The van der Waals surface area contributed by atoms with Crippen molar-refractivity contribution in [2.75, 3.05) is 20.7 Å². The number of nitrogens with zero attached hydrogens (tertiary/aromatic N) is 1. The minimum Gasteiger partial charge on any atom is -0.469 e. The molecule has 1 atom stereocenters. The second-order valence-electron chi connectivity index (χ2n) is 4.52. The van der Waals surface area contributed by atoms with Crippen LogP contribution in [0.4, 0.5) is 0 Å². The van der Waals surface area contributed by atoms with Crippen LogP contribution in [-0.4, -0.2) is 39.4 Å². The molecule has 0 aliphatic heterocycles. The van der Waals surface area contributed by atoms with E-state index in [1.54, 1.807) is 31.2 Å². The first-order valence-electron chi connectivity index (χ1n) is 5.90. The molecule has 5 nitrogen and oxygen atoms in total. The molecule has 0 spiro atoms. The molecule has 0 aromatic heterocycles. The second-order valence-corrected chi connectivity index (χ2v) is 6.57. The van der Waals surface area contributed by atoms with Crippen LogP contribution in [0.2, 0.25) is 0 Å². The molecule has 0 bridgehead atoms. The quantitative estimate of drug-likeness (QED) is 0.768. The van der Waals surface area contributed by atoms with Gasteiger partial charge in [-0.15, -0.1) is 0 Å². The fraction of sp³-hybridized carbons (Fsp3) is 0.462. The van der Waals surface area contributed by atoms with Crippen LogP contribution < -0.4 is 0 Å². The highest BCUT2D eigenvalue weighted by Gasteiger charge is 2.25. The van der Waals surface area contributed by atoms with E-state index in [1.165, 1.54) is 18.5 Å². The number of esters is 1. The van der Waals surface area contributed by atoms with Crippen molar-refractivity contribution in [1.29, 1.82) is 0 Å². The van der Waals surface area contributed by atoms with Crippen LogP contribution in [0.5, 0.6) is 0 Å². The van der Waals surface area contributed by atoms with Crippen LogP contribution in [-0.2, 0) is 19.6 Å². The lowest BCUT2D eigenvalue weighted by Crippen LogP contribution is -2.34. The van der Waals surface area contributed by atoms with E-state index in [-0.39, 0.29) is 11.4 Å². The lowest BCUT2D eigenvalue weighted by Gasteiger charge is -2.20. The molecule has 0 heterocycles. The van der Waals surface area contributed by atoms with Crippen LogP contribution in [0.3, 0.4) is 0 Å². The number of carbonyl (C=O) groups is 1. The van der Waals surface area contributed by atoms with Crippen LogP contribution in [0, 0.1) is 12.8 Å². The number of hydrogen-bond acceptors (Lipinski definition) is 4. The Kier molecular flexibility index (Phi) is 5.08. The summed E-state index contributed by atoms with van der Waals surface area (Å²) in [5, 5.41) is 0.